The molecule has 0 spiro atoms. The third-order valence-corrected chi connectivity index (χ3v) is 5.62. The van der Waals surface area contributed by atoms with Gasteiger partial charge in [0.15, 0.2) is 0 Å². The van der Waals surface area contributed by atoms with Crippen LogP contribution in [0.3, 0.4) is 0 Å². The molecule has 2 rings (SSSR count). The van der Waals surface area contributed by atoms with Gasteiger partial charge in [-0.25, -0.2) is 0 Å². The van der Waals surface area contributed by atoms with Gasteiger partial charge >= 0.3 is 0 Å². The van der Waals surface area contributed by atoms with Crippen LogP contribution in [0.2, 0.25) is 0 Å². The molecular formula is C17H33N3O. The summed E-state index contributed by atoms with van der Waals surface area (Å²) in [6, 6.07) is 1.02. The first kappa shape index (κ1) is 16.8. The highest BCUT2D eigenvalue weighted by atomic mass is 16.1. The number of nitrogens with zero attached hydrogens (tertiary/aromatic N) is 1. The van der Waals surface area contributed by atoms with Crippen LogP contribution in [0.25, 0.3) is 0 Å². The SMILES string of the molecule is CCCC1CCC(CN)C(N(CC(N)=O)C2CCCC2)C1. The zero-order valence-corrected chi connectivity index (χ0v) is 13.6. The van der Waals surface area contributed by atoms with Crippen molar-refractivity contribution >= 4 is 5.91 Å². The van der Waals surface area contributed by atoms with Gasteiger partial charge in [-0.15, -0.1) is 0 Å². The molecule has 3 unspecified atom stereocenters. The summed E-state index contributed by atoms with van der Waals surface area (Å²) in [5, 5.41) is 0. The third kappa shape index (κ3) is 4.43. The van der Waals surface area contributed by atoms with E-state index >= 15 is 0 Å². The highest BCUT2D eigenvalue weighted by molar-refractivity contribution is 5.76. The number of primary amides is 1. The topological polar surface area (TPSA) is 72.3 Å². The second-order valence-electron chi connectivity index (χ2n) is 7.11. The van der Waals surface area contributed by atoms with Gasteiger partial charge in [0.05, 0.1) is 6.54 Å². The second-order valence-corrected chi connectivity index (χ2v) is 7.11. The van der Waals surface area contributed by atoms with Crippen molar-refractivity contribution in [2.45, 2.75) is 76.8 Å². The molecule has 122 valence electrons. The Kier molecular flexibility index (Phi) is 6.49. The Bertz CT molecular complexity index is 328. The Labute approximate surface area is 129 Å². The number of nitrogens with two attached hydrogens (primary N) is 2. The summed E-state index contributed by atoms with van der Waals surface area (Å²) in [5.74, 6) is 1.16. The van der Waals surface area contributed by atoms with Crippen molar-refractivity contribution in [3.05, 3.63) is 0 Å². The van der Waals surface area contributed by atoms with Crippen LogP contribution in [-0.4, -0.2) is 36.0 Å². The van der Waals surface area contributed by atoms with Crippen LogP contribution in [-0.2, 0) is 4.79 Å². The summed E-state index contributed by atoms with van der Waals surface area (Å²) < 4.78 is 0. The average molecular weight is 295 g/mol. The molecule has 0 heterocycles. The van der Waals surface area contributed by atoms with Gasteiger partial charge in [0, 0.05) is 12.1 Å². The van der Waals surface area contributed by atoms with E-state index < -0.39 is 0 Å². The third-order valence-electron chi connectivity index (χ3n) is 5.62. The lowest BCUT2D eigenvalue weighted by Crippen LogP contribution is -2.53. The molecule has 2 aliphatic carbocycles. The Hall–Kier alpha value is -0.610. The molecule has 2 aliphatic rings. The zero-order chi connectivity index (χ0) is 15.2. The highest BCUT2D eigenvalue weighted by Gasteiger charge is 2.37. The van der Waals surface area contributed by atoms with Crippen molar-refractivity contribution in [3.8, 4) is 0 Å². The number of rotatable bonds is 7. The molecule has 4 N–H and O–H groups in total. The molecule has 0 saturated heterocycles. The Morgan fingerprint density at radius 2 is 1.90 bits per heavy atom. The number of amides is 1. The molecule has 0 aromatic carbocycles. The summed E-state index contributed by atoms with van der Waals surface area (Å²) in [5.41, 5.74) is 11.6. The van der Waals surface area contributed by atoms with Crippen molar-refractivity contribution in [3.63, 3.8) is 0 Å². The van der Waals surface area contributed by atoms with Crippen LogP contribution in [0.1, 0.15) is 64.7 Å². The van der Waals surface area contributed by atoms with Crippen molar-refractivity contribution < 1.29 is 4.79 Å². The molecular weight excluding hydrogens is 262 g/mol. The van der Waals surface area contributed by atoms with Crippen molar-refractivity contribution in [1.82, 2.24) is 4.90 Å². The summed E-state index contributed by atoms with van der Waals surface area (Å²) in [6.45, 7) is 3.43. The van der Waals surface area contributed by atoms with Crippen LogP contribution >= 0.6 is 0 Å². The van der Waals surface area contributed by atoms with Crippen molar-refractivity contribution in [2.75, 3.05) is 13.1 Å². The van der Waals surface area contributed by atoms with E-state index in [4.69, 9.17) is 11.5 Å². The van der Waals surface area contributed by atoms with Gasteiger partial charge in [0.25, 0.3) is 0 Å². The van der Waals surface area contributed by atoms with Gasteiger partial charge in [0.1, 0.15) is 0 Å². The second kappa shape index (κ2) is 8.14. The van der Waals surface area contributed by atoms with E-state index in [-0.39, 0.29) is 5.91 Å². The first-order chi connectivity index (χ1) is 10.2. The molecule has 4 heteroatoms. The van der Waals surface area contributed by atoms with E-state index in [1.807, 2.05) is 0 Å². The van der Waals surface area contributed by atoms with E-state index in [0.717, 1.165) is 12.5 Å². The fourth-order valence-electron chi connectivity index (χ4n) is 4.58. The predicted molar refractivity (Wildman–Crippen MR) is 86.7 cm³/mol. The van der Waals surface area contributed by atoms with Crippen LogP contribution in [0.5, 0.6) is 0 Å². The van der Waals surface area contributed by atoms with Crippen molar-refractivity contribution in [2.24, 2.45) is 23.3 Å². The summed E-state index contributed by atoms with van der Waals surface area (Å²) in [7, 11) is 0. The lowest BCUT2D eigenvalue weighted by molar-refractivity contribution is -0.121. The molecule has 0 bridgehead atoms. The quantitative estimate of drug-likeness (QED) is 0.756. The molecule has 0 radical (unpaired) electrons. The van der Waals surface area contributed by atoms with Crippen LogP contribution < -0.4 is 11.5 Å². The fourth-order valence-corrected chi connectivity index (χ4v) is 4.58. The monoisotopic (exact) mass is 295 g/mol. The minimum atomic E-state index is -0.185. The van der Waals surface area contributed by atoms with Crippen LogP contribution in [0.4, 0.5) is 0 Å². The largest absolute Gasteiger partial charge is 0.369 e. The van der Waals surface area contributed by atoms with Gasteiger partial charge < -0.3 is 11.5 Å². The van der Waals surface area contributed by atoms with E-state index in [2.05, 4.69) is 11.8 Å². The highest BCUT2D eigenvalue weighted by Crippen LogP contribution is 2.37. The Balaban J connectivity index is 2.10. The smallest absolute Gasteiger partial charge is 0.231 e. The summed E-state index contributed by atoms with van der Waals surface area (Å²) >= 11 is 0. The maximum atomic E-state index is 11.6. The molecule has 2 fully saturated rings. The maximum Gasteiger partial charge on any atom is 0.231 e. The standard InChI is InChI=1S/C17H33N3O/c1-2-5-13-8-9-14(11-18)16(10-13)20(12-17(19)21)15-6-3-4-7-15/h13-16H,2-12,18H2,1H3,(H2,19,21). The average Bonchev–Trinajstić information content (AvgIpc) is 2.99. The van der Waals surface area contributed by atoms with Gasteiger partial charge in [0.2, 0.25) is 5.91 Å². The molecule has 21 heavy (non-hydrogen) atoms. The van der Waals surface area contributed by atoms with E-state index in [1.165, 1.54) is 57.8 Å². The number of carbonyl (C=O) groups excluding carboxylic acids is 1. The first-order valence-electron chi connectivity index (χ1n) is 8.89. The Morgan fingerprint density at radius 3 is 2.48 bits per heavy atom. The number of hydrogen-bond acceptors (Lipinski definition) is 3. The van der Waals surface area contributed by atoms with Crippen molar-refractivity contribution in [1.29, 1.82) is 0 Å². The maximum absolute atomic E-state index is 11.6. The van der Waals surface area contributed by atoms with Crippen LogP contribution in [0.15, 0.2) is 0 Å². The number of carbonyl (C=O) groups is 1. The summed E-state index contributed by atoms with van der Waals surface area (Å²) in [6.07, 6.45) is 11.3. The van der Waals surface area contributed by atoms with E-state index in [9.17, 15) is 4.79 Å². The molecule has 0 aliphatic heterocycles. The fraction of sp³-hybridized carbons (Fsp3) is 0.941. The molecule has 0 aromatic rings. The lowest BCUT2D eigenvalue weighted by Gasteiger charge is -2.44. The van der Waals surface area contributed by atoms with Crippen LogP contribution in [0, 0.1) is 11.8 Å². The molecule has 0 aromatic heterocycles. The number of hydrogen-bond donors (Lipinski definition) is 2. The summed E-state index contributed by atoms with van der Waals surface area (Å²) in [4.78, 5) is 14.0. The lowest BCUT2D eigenvalue weighted by atomic mass is 9.75. The van der Waals surface area contributed by atoms with E-state index in [1.54, 1.807) is 0 Å². The molecule has 4 nitrogen and oxygen atoms in total. The molecule has 3 atom stereocenters. The minimum absolute atomic E-state index is 0.185. The van der Waals surface area contributed by atoms with E-state index in [0.29, 0.717) is 24.5 Å². The predicted octanol–water partition coefficient (Wildman–Crippen LogP) is 2.26. The Morgan fingerprint density at radius 1 is 1.19 bits per heavy atom. The normalized spacial score (nSPS) is 30.9. The van der Waals surface area contributed by atoms with Gasteiger partial charge in [-0.2, -0.15) is 0 Å². The zero-order valence-electron chi connectivity index (χ0n) is 13.6. The molecule has 2 saturated carbocycles. The van der Waals surface area contributed by atoms with Gasteiger partial charge in [-0.3, -0.25) is 9.69 Å². The molecule has 1 amide bonds. The van der Waals surface area contributed by atoms with Gasteiger partial charge in [-0.1, -0.05) is 39.0 Å². The first-order valence-corrected chi connectivity index (χ1v) is 8.89. The minimum Gasteiger partial charge on any atom is -0.369 e. The van der Waals surface area contributed by atoms with Gasteiger partial charge in [-0.05, 0) is 44.1 Å².